The molecule has 1 heterocycles. The van der Waals surface area contributed by atoms with Gasteiger partial charge in [-0.1, -0.05) is 42.1 Å². The van der Waals surface area contributed by atoms with E-state index in [1.165, 1.54) is 4.90 Å². The molecule has 0 radical (unpaired) electrons. The monoisotopic (exact) mass is 399 g/mol. The van der Waals surface area contributed by atoms with Gasteiger partial charge in [0.15, 0.2) is 6.54 Å². The van der Waals surface area contributed by atoms with Gasteiger partial charge in [0.05, 0.1) is 31.3 Å². The van der Waals surface area contributed by atoms with Gasteiger partial charge < -0.3 is 15.0 Å². The molecule has 148 valence electrons. The summed E-state index contributed by atoms with van der Waals surface area (Å²) < 4.78 is 5.11. The van der Waals surface area contributed by atoms with Crippen LogP contribution in [0.1, 0.15) is 19.8 Å². The van der Waals surface area contributed by atoms with E-state index in [9.17, 15) is 9.59 Å². The van der Waals surface area contributed by atoms with Crippen LogP contribution in [0.4, 0.5) is 5.69 Å². The number of rotatable bonds is 7. The molecule has 6 heteroatoms. The molecule has 1 aliphatic heterocycles. The van der Waals surface area contributed by atoms with E-state index in [2.05, 4.69) is 17.4 Å². The van der Waals surface area contributed by atoms with Gasteiger partial charge in [0.1, 0.15) is 0 Å². The van der Waals surface area contributed by atoms with Gasteiger partial charge in [-0.2, -0.15) is 0 Å². The lowest BCUT2D eigenvalue weighted by Gasteiger charge is -2.27. The number of esters is 1. The lowest BCUT2D eigenvalue weighted by atomic mass is 9.97. The minimum Gasteiger partial charge on any atom is -0.466 e. The van der Waals surface area contributed by atoms with Crippen molar-refractivity contribution in [1.29, 1.82) is 0 Å². The first-order chi connectivity index (χ1) is 13.7. The third kappa shape index (κ3) is 5.84. The molecule has 0 bridgehead atoms. The molecule has 28 heavy (non-hydrogen) atoms. The Morgan fingerprint density at radius 2 is 1.75 bits per heavy atom. The van der Waals surface area contributed by atoms with Crippen molar-refractivity contribution in [1.82, 2.24) is 0 Å². The van der Waals surface area contributed by atoms with Crippen LogP contribution in [0.2, 0.25) is 0 Å². The Kier molecular flexibility index (Phi) is 7.51. The predicted molar refractivity (Wildman–Crippen MR) is 111 cm³/mol. The Morgan fingerprint density at radius 3 is 2.46 bits per heavy atom. The van der Waals surface area contributed by atoms with Crippen LogP contribution in [0.3, 0.4) is 0 Å². The smallest absolute Gasteiger partial charge is 0.309 e. The van der Waals surface area contributed by atoms with E-state index in [-0.39, 0.29) is 17.8 Å². The number of carbonyl (C=O) groups excluding carboxylic acids is 2. The van der Waals surface area contributed by atoms with Gasteiger partial charge in [-0.3, -0.25) is 9.59 Å². The fourth-order valence-electron chi connectivity index (χ4n) is 3.39. The highest BCUT2D eigenvalue weighted by Gasteiger charge is 2.29. The number of piperidine rings is 1. The summed E-state index contributed by atoms with van der Waals surface area (Å²) in [5.74, 6) is -0.113. The Hall–Kier alpha value is -2.31. The highest BCUT2D eigenvalue weighted by atomic mass is 32.2. The number of hydrogen-bond donors (Lipinski definition) is 2. The second kappa shape index (κ2) is 10.3. The van der Waals surface area contributed by atoms with Crippen molar-refractivity contribution in [3.05, 3.63) is 54.6 Å². The highest BCUT2D eigenvalue weighted by Crippen LogP contribution is 2.33. The van der Waals surface area contributed by atoms with E-state index in [0.29, 0.717) is 13.2 Å². The lowest BCUT2D eigenvalue weighted by Crippen LogP contribution is -3.14. The van der Waals surface area contributed by atoms with E-state index < -0.39 is 0 Å². The summed E-state index contributed by atoms with van der Waals surface area (Å²) in [6.45, 7) is 4.31. The third-order valence-electron chi connectivity index (χ3n) is 4.86. The quantitative estimate of drug-likeness (QED) is 0.703. The summed E-state index contributed by atoms with van der Waals surface area (Å²) >= 11 is 1.64. The van der Waals surface area contributed by atoms with Crippen molar-refractivity contribution in [2.45, 2.75) is 29.6 Å². The first-order valence-electron chi connectivity index (χ1n) is 9.77. The average molecular weight is 400 g/mol. The molecule has 1 saturated heterocycles. The molecule has 0 unspecified atom stereocenters. The van der Waals surface area contributed by atoms with Crippen LogP contribution in [-0.4, -0.2) is 38.1 Å². The number of anilines is 1. The molecule has 0 aromatic heterocycles. The molecule has 1 amide bonds. The molecule has 3 rings (SSSR count). The Balaban J connectivity index is 1.52. The Morgan fingerprint density at radius 1 is 1.07 bits per heavy atom. The summed E-state index contributed by atoms with van der Waals surface area (Å²) in [6, 6.07) is 18.0. The van der Waals surface area contributed by atoms with Gasteiger partial charge in [-0.05, 0) is 31.2 Å². The van der Waals surface area contributed by atoms with Crippen LogP contribution in [0.15, 0.2) is 64.4 Å². The summed E-state index contributed by atoms with van der Waals surface area (Å²) in [4.78, 5) is 27.8. The van der Waals surface area contributed by atoms with E-state index in [1.807, 2.05) is 49.4 Å². The van der Waals surface area contributed by atoms with Crippen molar-refractivity contribution >= 4 is 29.3 Å². The largest absolute Gasteiger partial charge is 0.466 e. The van der Waals surface area contributed by atoms with Crippen LogP contribution >= 0.6 is 11.8 Å². The number of likely N-dealkylation sites (tertiary alicyclic amines) is 1. The van der Waals surface area contributed by atoms with Gasteiger partial charge in [0.2, 0.25) is 0 Å². The van der Waals surface area contributed by atoms with Gasteiger partial charge in [0, 0.05) is 22.6 Å². The van der Waals surface area contributed by atoms with Crippen LogP contribution in [0, 0.1) is 5.92 Å². The minimum atomic E-state index is -0.0992. The first kappa shape index (κ1) is 20.4. The molecule has 1 fully saturated rings. The van der Waals surface area contributed by atoms with E-state index >= 15 is 0 Å². The van der Waals surface area contributed by atoms with Crippen LogP contribution in [0.25, 0.3) is 0 Å². The number of hydrogen-bond acceptors (Lipinski definition) is 4. The number of ether oxygens (including phenoxy) is 1. The van der Waals surface area contributed by atoms with Gasteiger partial charge >= 0.3 is 5.97 Å². The summed E-state index contributed by atoms with van der Waals surface area (Å²) in [6.07, 6.45) is 1.56. The topological polar surface area (TPSA) is 59.8 Å². The predicted octanol–water partition coefficient (Wildman–Crippen LogP) is 2.63. The lowest BCUT2D eigenvalue weighted by molar-refractivity contribution is -0.897. The van der Waals surface area contributed by atoms with Crippen molar-refractivity contribution in [3.63, 3.8) is 0 Å². The van der Waals surface area contributed by atoms with E-state index in [1.54, 1.807) is 11.8 Å². The van der Waals surface area contributed by atoms with Gasteiger partial charge in [-0.25, -0.2) is 0 Å². The number of benzene rings is 2. The van der Waals surface area contributed by atoms with Crippen LogP contribution < -0.4 is 10.2 Å². The summed E-state index contributed by atoms with van der Waals surface area (Å²) in [5.41, 5.74) is 0.835. The number of amides is 1. The molecule has 2 N–H and O–H groups in total. The van der Waals surface area contributed by atoms with Gasteiger partial charge in [0.25, 0.3) is 5.91 Å². The van der Waals surface area contributed by atoms with Crippen molar-refractivity contribution in [2.75, 3.05) is 31.6 Å². The van der Waals surface area contributed by atoms with Crippen molar-refractivity contribution in [3.8, 4) is 0 Å². The first-order valence-corrected chi connectivity index (χ1v) is 10.6. The second-order valence-electron chi connectivity index (χ2n) is 6.91. The zero-order valence-corrected chi connectivity index (χ0v) is 17.0. The maximum Gasteiger partial charge on any atom is 0.309 e. The molecule has 0 atom stereocenters. The summed E-state index contributed by atoms with van der Waals surface area (Å²) in [5, 5.41) is 3.06. The van der Waals surface area contributed by atoms with Crippen molar-refractivity contribution < 1.29 is 19.2 Å². The number of carbonyl (C=O) groups is 2. The Labute approximate surface area is 170 Å². The van der Waals surface area contributed by atoms with E-state index in [0.717, 1.165) is 41.4 Å². The zero-order valence-electron chi connectivity index (χ0n) is 16.1. The molecular weight excluding hydrogens is 372 g/mol. The normalized spacial score (nSPS) is 19.0. The van der Waals surface area contributed by atoms with Gasteiger partial charge in [-0.15, -0.1) is 0 Å². The van der Waals surface area contributed by atoms with Crippen LogP contribution in [0.5, 0.6) is 0 Å². The SMILES string of the molecule is CCOC(=O)C1CC[NH+](CC(=O)Nc2ccccc2Sc2ccccc2)CC1. The summed E-state index contributed by atoms with van der Waals surface area (Å²) in [7, 11) is 0. The number of quaternary nitrogens is 1. The highest BCUT2D eigenvalue weighted by molar-refractivity contribution is 7.99. The van der Waals surface area contributed by atoms with Crippen molar-refractivity contribution in [2.24, 2.45) is 5.92 Å². The molecule has 2 aromatic rings. The molecule has 0 saturated carbocycles. The Bertz CT molecular complexity index is 789. The van der Waals surface area contributed by atoms with E-state index in [4.69, 9.17) is 4.74 Å². The maximum atomic E-state index is 12.6. The molecular formula is C22H27N2O3S+. The number of para-hydroxylation sites is 1. The molecule has 2 aromatic carbocycles. The number of nitrogens with one attached hydrogen (secondary N) is 2. The molecule has 1 aliphatic rings. The average Bonchev–Trinajstić information content (AvgIpc) is 2.71. The molecule has 0 spiro atoms. The molecule has 5 nitrogen and oxygen atoms in total. The zero-order chi connectivity index (χ0) is 19.8. The minimum absolute atomic E-state index is 0.00527. The standard InChI is InChI=1S/C22H26N2O3S/c1-2-27-22(26)17-12-14-24(15-13-17)16-21(25)23-19-10-6-7-11-20(19)28-18-8-4-3-5-9-18/h3-11,17H,2,12-16H2,1H3,(H,23,25)/p+1. The fourth-order valence-corrected chi connectivity index (χ4v) is 4.32. The third-order valence-corrected chi connectivity index (χ3v) is 5.94. The van der Waals surface area contributed by atoms with Crippen LogP contribution in [-0.2, 0) is 14.3 Å². The maximum absolute atomic E-state index is 12.6. The molecule has 0 aliphatic carbocycles. The second-order valence-corrected chi connectivity index (χ2v) is 8.03. The fraction of sp³-hybridized carbons (Fsp3) is 0.364.